The average molecular weight is 547 g/mol. The van der Waals surface area contributed by atoms with Crippen molar-refractivity contribution in [3.05, 3.63) is 53.1 Å². The molecule has 1 saturated carbocycles. The van der Waals surface area contributed by atoms with Crippen LogP contribution in [0.15, 0.2) is 36.4 Å². The molecule has 0 amide bonds. The van der Waals surface area contributed by atoms with Crippen LogP contribution in [0.3, 0.4) is 0 Å². The highest BCUT2D eigenvalue weighted by Crippen LogP contribution is 2.51. The molecule has 4 rings (SSSR count). The number of hydrogen-bond acceptors (Lipinski definition) is 11. The quantitative estimate of drug-likeness (QED) is 0.203. The first-order valence-corrected chi connectivity index (χ1v) is 12.1. The normalized spacial score (nSPS) is 28.0. The number of aliphatic hydroxyl groups is 4. The standard InChI is InChI=1S/C27H30O12/c1-36-20-9-14(4-5-17(20)29)23-16(12-28)15-7-13(8-21(37-2)24(15)39-23)3-6-22(32)38-25-18(30)10-27(35,26(33)34)11-19(25)31/h3-9,16,18-19,23,25,28-31,35H,10-12H2,1-2H3,(H,33,34)/t16-,18-,19+,23-,25?,27?/m1/s1. The number of carboxylic acids is 1. The second kappa shape index (κ2) is 11.1. The molecule has 6 atom stereocenters. The highest BCUT2D eigenvalue weighted by Gasteiger charge is 2.50. The van der Waals surface area contributed by atoms with Gasteiger partial charge in [0.1, 0.15) is 6.10 Å². The summed E-state index contributed by atoms with van der Waals surface area (Å²) in [4.78, 5) is 23.7. The third-order valence-electron chi connectivity index (χ3n) is 6.98. The molecule has 0 aromatic heterocycles. The van der Waals surface area contributed by atoms with Crippen molar-refractivity contribution in [2.24, 2.45) is 0 Å². The lowest BCUT2D eigenvalue weighted by atomic mass is 9.79. The summed E-state index contributed by atoms with van der Waals surface area (Å²) in [7, 11) is 2.86. The minimum atomic E-state index is -2.33. The molecule has 0 radical (unpaired) electrons. The average Bonchev–Trinajstić information content (AvgIpc) is 3.27. The van der Waals surface area contributed by atoms with Gasteiger partial charge in [-0.2, -0.15) is 0 Å². The van der Waals surface area contributed by atoms with E-state index in [2.05, 4.69) is 0 Å². The molecule has 0 spiro atoms. The van der Waals surface area contributed by atoms with Gasteiger partial charge in [-0.25, -0.2) is 9.59 Å². The Balaban J connectivity index is 1.53. The van der Waals surface area contributed by atoms with Crippen molar-refractivity contribution in [1.29, 1.82) is 0 Å². The van der Waals surface area contributed by atoms with Crippen molar-refractivity contribution in [3.8, 4) is 23.0 Å². The first kappa shape index (κ1) is 28.2. The van der Waals surface area contributed by atoms with Crippen LogP contribution in [-0.2, 0) is 14.3 Å². The van der Waals surface area contributed by atoms with E-state index in [1.165, 1.54) is 26.4 Å². The number of fused-ring (bicyclic) bond motifs is 1. The maximum Gasteiger partial charge on any atom is 0.335 e. The van der Waals surface area contributed by atoms with Gasteiger partial charge < -0.3 is 49.6 Å². The number of carboxylic acid groups (broad SMARTS) is 1. The fraction of sp³-hybridized carbons (Fsp3) is 0.407. The van der Waals surface area contributed by atoms with Gasteiger partial charge in [0.15, 0.2) is 34.7 Å². The highest BCUT2D eigenvalue weighted by molar-refractivity contribution is 5.87. The maximum atomic E-state index is 12.5. The molecule has 6 N–H and O–H groups in total. The lowest BCUT2D eigenvalue weighted by Gasteiger charge is -2.39. The fourth-order valence-corrected chi connectivity index (χ4v) is 4.97. The summed E-state index contributed by atoms with van der Waals surface area (Å²) in [6, 6.07) is 8.05. The Morgan fingerprint density at radius 2 is 1.74 bits per heavy atom. The van der Waals surface area contributed by atoms with Crippen LogP contribution in [0.2, 0.25) is 0 Å². The number of esters is 1. The third kappa shape index (κ3) is 5.50. The number of carbonyl (C=O) groups excluding carboxylic acids is 1. The van der Waals surface area contributed by atoms with Gasteiger partial charge in [-0.05, 0) is 41.5 Å². The lowest BCUT2D eigenvalue weighted by Crippen LogP contribution is -2.57. The van der Waals surface area contributed by atoms with E-state index >= 15 is 0 Å². The summed E-state index contributed by atoms with van der Waals surface area (Å²) in [5.74, 6) is -2.05. The smallest absolute Gasteiger partial charge is 0.335 e. The molecule has 1 fully saturated rings. The molecule has 1 aliphatic heterocycles. The van der Waals surface area contributed by atoms with E-state index in [1.807, 2.05) is 0 Å². The molecule has 39 heavy (non-hydrogen) atoms. The number of phenolic OH excluding ortho intramolecular Hbond substituents is 1. The SMILES string of the molecule is COc1cc([C@H]2Oc3c(OC)cc(C=CC(=O)OC4[C@H](O)CC(O)(C(=O)O)C[C@@H]4O)cc3[C@H]2CO)ccc1O. The second-order valence-electron chi connectivity index (χ2n) is 9.51. The van der Waals surface area contributed by atoms with Gasteiger partial charge in [-0.1, -0.05) is 6.07 Å². The molecule has 12 nitrogen and oxygen atoms in total. The van der Waals surface area contributed by atoms with Gasteiger partial charge in [0.25, 0.3) is 0 Å². The zero-order valence-corrected chi connectivity index (χ0v) is 21.2. The van der Waals surface area contributed by atoms with E-state index in [9.17, 15) is 35.1 Å². The van der Waals surface area contributed by atoms with Crippen molar-refractivity contribution >= 4 is 18.0 Å². The summed E-state index contributed by atoms with van der Waals surface area (Å²) >= 11 is 0. The van der Waals surface area contributed by atoms with Crippen LogP contribution in [0, 0.1) is 0 Å². The summed E-state index contributed by atoms with van der Waals surface area (Å²) in [5, 5.41) is 59.7. The number of aromatic hydroxyl groups is 1. The van der Waals surface area contributed by atoms with Crippen LogP contribution >= 0.6 is 0 Å². The molecule has 2 aromatic rings. The number of methoxy groups -OCH3 is 2. The molecule has 12 heteroatoms. The molecule has 2 aromatic carbocycles. The molecule has 1 aliphatic carbocycles. The van der Waals surface area contributed by atoms with Crippen molar-refractivity contribution in [1.82, 2.24) is 0 Å². The predicted octanol–water partition coefficient (Wildman–Crippen LogP) is 0.875. The van der Waals surface area contributed by atoms with Crippen LogP contribution in [-0.4, -0.2) is 87.3 Å². The molecular weight excluding hydrogens is 516 g/mol. The zero-order valence-electron chi connectivity index (χ0n) is 21.2. The monoisotopic (exact) mass is 546 g/mol. The Morgan fingerprint density at radius 1 is 1.08 bits per heavy atom. The van der Waals surface area contributed by atoms with E-state index < -0.39 is 60.7 Å². The van der Waals surface area contributed by atoms with E-state index in [0.29, 0.717) is 28.2 Å². The number of ether oxygens (including phenoxy) is 4. The fourth-order valence-electron chi connectivity index (χ4n) is 4.97. The Kier molecular flexibility index (Phi) is 8.02. The van der Waals surface area contributed by atoms with Gasteiger partial charge in [-0.3, -0.25) is 0 Å². The van der Waals surface area contributed by atoms with Crippen molar-refractivity contribution in [2.45, 2.75) is 48.8 Å². The Morgan fingerprint density at radius 3 is 2.33 bits per heavy atom. The van der Waals surface area contributed by atoms with Crippen molar-refractivity contribution in [2.75, 3.05) is 20.8 Å². The minimum absolute atomic E-state index is 0.0416. The Hall–Kier alpha value is -3.84. The van der Waals surface area contributed by atoms with Crippen molar-refractivity contribution in [3.63, 3.8) is 0 Å². The largest absolute Gasteiger partial charge is 0.504 e. The number of phenols is 1. The van der Waals surface area contributed by atoms with Gasteiger partial charge in [-0.15, -0.1) is 0 Å². The number of rotatable bonds is 8. The molecule has 2 unspecified atom stereocenters. The summed E-state index contributed by atoms with van der Waals surface area (Å²) in [6.07, 6.45) is -3.98. The van der Waals surface area contributed by atoms with Crippen LogP contribution < -0.4 is 14.2 Å². The summed E-state index contributed by atoms with van der Waals surface area (Å²) in [5.41, 5.74) is -0.555. The number of hydrogen-bond donors (Lipinski definition) is 6. The summed E-state index contributed by atoms with van der Waals surface area (Å²) < 4.78 is 21.9. The number of benzene rings is 2. The molecule has 0 bridgehead atoms. The first-order chi connectivity index (χ1) is 18.5. The van der Waals surface area contributed by atoms with Crippen LogP contribution in [0.1, 0.15) is 41.6 Å². The van der Waals surface area contributed by atoms with Crippen LogP contribution in [0.4, 0.5) is 0 Å². The second-order valence-corrected chi connectivity index (χ2v) is 9.51. The van der Waals surface area contributed by atoms with E-state index in [4.69, 9.17) is 24.1 Å². The van der Waals surface area contributed by atoms with Crippen LogP contribution in [0.5, 0.6) is 23.0 Å². The Bertz CT molecular complexity index is 1260. The number of aliphatic carboxylic acids is 1. The van der Waals surface area contributed by atoms with Gasteiger partial charge in [0.05, 0.1) is 39.0 Å². The third-order valence-corrected chi connectivity index (χ3v) is 6.98. The van der Waals surface area contributed by atoms with Gasteiger partial charge in [0.2, 0.25) is 0 Å². The molecular formula is C27H30O12. The van der Waals surface area contributed by atoms with E-state index in [0.717, 1.165) is 6.08 Å². The van der Waals surface area contributed by atoms with E-state index in [1.54, 1.807) is 24.3 Å². The first-order valence-electron chi connectivity index (χ1n) is 12.1. The van der Waals surface area contributed by atoms with E-state index in [-0.39, 0.29) is 18.1 Å². The van der Waals surface area contributed by atoms with Crippen molar-refractivity contribution < 1.29 is 59.2 Å². The molecule has 1 heterocycles. The zero-order chi connectivity index (χ0) is 28.5. The number of aliphatic hydroxyl groups excluding tert-OH is 3. The topological polar surface area (TPSA) is 192 Å². The molecule has 2 aliphatic rings. The minimum Gasteiger partial charge on any atom is -0.504 e. The number of carbonyl (C=O) groups is 2. The van der Waals surface area contributed by atoms with Crippen LogP contribution in [0.25, 0.3) is 6.08 Å². The lowest BCUT2D eigenvalue weighted by molar-refractivity contribution is -0.196. The predicted molar refractivity (Wildman–Crippen MR) is 134 cm³/mol. The highest BCUT2D eigenvalue weighted by atomic mass is 16.6. The summed E-state index contributed by atoms with van der Waals surface area (Å²) in [6.45, 7) is -0.278. The van der Waals surface area contributed by atoms with Gasteiger partial charge >= 0.3 is 11.9 Å². The molecule has 0 saturated heterocycles. The molecule has 210 valence electrons. The van der Waals surface area contributed by atoms with Gasteiger partial charge in [0, 0.05) is 24.5 Å². The Labute approximate surface area is 223 Å². The maximum absolute atomic E-state index is 12.5.